The summed E-state index contributed by atoms with van der Waals surface area (Å²) in [5, 5.41) is 2.92. The first-order valence-corrected chi connectivity index (χ1v) is 10.5. The minimum Gasteiger partial charge on any atom is -0.497 e. The average molecular weight is 415 g/mol. The SMILES string of the molecule is COc1cc(CN2CCC3(CCC(CNC(=O)c4ccco4)O3)CC2)cc(OC)c1. The summed E-state index contributed by atoms with van der Waals surface area (Å²) in [4.78, 5) is 14.5. The fourth-order valence-electron chi connectivity index (χ4n) is 4.44. The first-order chi connectivity index (χ1) is 14.6. The predicted octanol–water partition coefficient (Wildman–Crippen LogP) is 3.24. The molecule has 2 aliphatic rings. The molecule has 7 nitrogen and oxygen atoms in total. The van der Waals surface area contributed by atoms with E-state index in [1.165, 1.54) is 11.8 Å². The molecule has 0 radical (unpaired) electrons. The summed E-state index contributed by atoms with van der Waals surface area (Å²) in [6, 6.07) is 9.41. The van der Waals surface area contributed by atoms with Crippen LogP contribution in [-0.2, 0) is 11.3 Å². The number of carbonyl (C=O) groups excluding carboxylic acids is 1. The Bertz CT molecular complexity index is 821. The Morgan fingerprint density at radius 2 is 1.90 bits per heavy atom. The Balaban J connectivity index is 1.26. The van der Waals surface area contributed by atoms with Gasteiger partial charge in [0.15, 0.2) is 5.76 Å². The molecular weight excluding hydrogens is 384 g/mol. The summed E-state index contributed by atoms with van der Waals surface area (Å²) < 4.78 is 22.3. The van der Waals surface area contributed by atoms with E-state index in [1.54, 1.807) is 26.4 Å². The maximum Gasteiger partial charge on any atom is 0.287 e. The van der Waals surface area contributed by atoms with Gasteiger partial charge >= 0.3 is 0 Å². The van der Waals surface area contributed by atoms with Gasteiger partial charge < -0.3 is 23.9 Å². The molecule has 2 fully saturated rings. The number of furan rings is 1. The van der Waals surface area contributed by atoms with Crippen molar-refractivity contribution in [2.45, 2.75) is 43.9 Å². The third-order valence-electron chi connectivity index (χ3n) is 6.16. The average Bonchev–Trinajstić information content (AvgIpc) is 3.44. The molecule has 162 valence electrons. The zero-order valence-electron chi connectivity index (χ0n) is 17.7. The smallest absolute Gasteiger partial charge is 0.287 e. The molecule has 2 saturated heterocycles. The number of rotatable bonds is 7. The highest BCUT2D eigenvalue weighted by Crippen LogP contribution is 2.39. The van der Waals surface area contributed by atoms with E-state index in [4.69, 9.17) is 18.6 Å². The molecule has 0 saturated carbocycles. The highest BCUT2D eigenvalue weighted by Gasteiger charge is 2.42. The molecule has 2 aromatic rings. The van der Waals surface area contributed by atoms with Crippen LogP contribution in [-0.4, -0.2) is 56.4 Å². The number of piperidine rings is 1. The quantitative estimate of drug-likeness (QED) is 0.750. The largest absolute Gasteiger partial charge is 0.497 e. The number of nitrogens with zero attached hydrogens (tertiary/aromatic N) is 1. The van der Waals surface area contributed by atoms with E-state index in [9.17, 15) is 4.79 Å². The van der Waals surface area contributed by atoms with Gasteiger partial charge in [-0.1, -0.05) is 0 Å². The first kappa shape index (κ1) is 20.8. The number of methoxy groups -OCH3 is 2. The van der Waals surface area contributed by atoms with Crippen molar-refractivity contribution in [3.05, 3.63) is 47.9 Å². The van der Waals surface area contributed by atoms with Crippen molar-refractivity contribution in [1.29, 1.82) is 0 Å². The van der Waals surface area contributed by atoms with Crippen molar-refractivity contribution >= 4 is 5.91 Å². The van der Waals surface area contributed by atoms with Gasteiger partial charge in [0.05, 0.1) is 32.2 Å². The van der Waals surface area contributed by atoms with Crippen LogP contribution in [0.15, 0.2) is 41.0 Å². The Hall–Kier alpha value is -2.51. The molecule has 1 amide bonds. The van der Waals surface area contributed by atoms with Gasteiger partial charge in [0, 0.05) is 32.2 Å². The summed E-state index contributed by atoms with van der Waals surface area (Å²) in [6.07, 6.45) is 5.62. The fourth-order valence-corrected chi connectivity index (χ4v) is 4.44. The van der Waals surface area contributed by atoms with Crippen LogP contribution in [0.1, 0.15) is 41.8 Å². The molecule has 0 aliphatic carbocycles. The number of nitrogens with one attached hydrogen (secondary N) is 1. The van der Waals surface area contributed by atoms with Crippen LogP contribution in [0.5, 0.6) is 11.5 Å². The Morgan fingerprint density at radius 3 is 2.53 bits per heavy atom. The zero-order valence-corrected chi connectivity index (χ0v) is 17.7. The van der Waals surface area contributed by atoms with Crippen LogP contribution < -0.4 is 14.8 Å². The zero-order chi connectivity index (χ0) is 21.0. The lowest BCUT2D eigenvalue weighted by Gasteiger charge is -2.39. The van der Waals surface area contributed by atoms with Gasteiger partial charge in [-0.15, -0.1) is 0 Å². The second-order valence-corrected chi connectivity index (χ2v) is 8.15. The van der Waals surface area contributed by atoms with E-state index < -0.39 is 0 Å². The van der Waals surface area contributed by atoms with Crippen LogP contribution in [0.25, 0.3) is 0 Å². The monoisotopic (exact) mass is 414 g/mol. The third-order valence-corrected chi connectivity index (χ3v) is 6.16. The molecular formula is C23H30N2O5. The van der Waals surface area contributed by atoms with Crippen molar-refractivity contribution in [3.63, 3.8) is 0 Å². The lowest BCUT2D eigenvalue weighted by Crippen LogP contribution is -2.44. The van der Waals surface area contributed by atoms with Crippen molar-refractivity contribution in [3.8, 4) is 11.5 Å². The summed E-state index contributed by atoms with van der Waals surface area (Å²) in [5.41, 5.74) is 1.14. The highest BCUT2D eigenvalue weighted by atomic mass is 16.5. The van der Waals surface area contributed by atoms with Crippen molar-refractivity contribution in [2.24, 2.45) is 0 Å². The van der Waals surface area contributed by atoms with Gasteiger partial charge in [-0.05, 0) is 55.5 Å². The standard InChI is InChI=1S/C23H30N2O5/c1-27-19-12-17(13-20(14-19)28-2)16-25-9-7-23(8-10-25)6-5-18(30-23)15-24-22(26)21-4-3-11-29-21/h3-4,11-14,18H,5-10,15-16H2,1-2H3,(H,24,26). The van der Waals surface area contributed by atoms with Gasteiger partial charge in [-0.3, -0.25) is 9.69 Å². The van der Waals surface area contributed by atoms with Crippen LogP contribution in [0.4, 0.5) is 0 Å². The molecule has 30 heavy (non-hydrogen) atoms. The van der Waals surface area contributed by atoms with Crippen molar-refractivity contribution in [2.75, 3.05) is 33.9 Å². The fraction of sp³-hybridized carbons (Fsp3) is 0.522. The van der Waals surface area contributed by atoms with E-state index in [2.05, 4.69) is 22.3 Å². The van der Waals surface area contributed by atoms with Crippen LogP contribution >= 0.6 is 0 Å². The summed E-state index contributed by atoms with van der Waals surface area (Å²) in [6.45, 7) is 3.37. The minimum atomic E-state index is -0.187. The van der Waals surface area contributed by atoms with Gasteiger partial charge in [0.1, 0.15) is 11.5 Å². The number of likely N-dealkylation sites (tertiary alicyclic amines) is 1. The molecule has 2 aliphatic heterocycles. The highest BCUT2D eigenvalue weighted by molar-refractivity contribution is 5.91. The van der Waals surface area contributed by atoms with Crippen LogP contribution in [0.3, 0.4) is 0 Å². The normalized spacial score (nSPS) is 20.9. The number of amides is 1. The third kappa shape index (κ3) is 4.79. The lowest BCUT2D eigenvalue weighted by atomic mass is 9.88. The summed E-state index contributed by atoms with van der Waals surface area (Å²) in [5.74, 6) is 1.78. The molecule has 0 bridgehead atoms. The molecule has 1 unspecified atom stereocenters. The van der Waals surface area contributed by atoms with Gasteiger partial charge in [0.2, 0.25) is 0 Å². The Kier molecular flexibility index (Phi) is 6.29. The van der Waals surface area contributed by atoms with Crippen molar-refractivity contribution in [1.82, 2.24) is 10.2 Å². The van der Waals surface area contributed by atoms with E-state index in [0.29, 0.717) is 12.3 Å². The number of benzene rings is 1. The van der Waals surface area contributed by atoms with Gasteiger partial charge in [0.25, 0.3) is 5.91 Å². The predicted molar refractivity (Wildman–Crippen MR) is 112 cm³/mol. The van der Waals surface area contributed by atoms with E-state index in [0.717, 1.165) is 56.8 Å². The van der Waals surface area contributed by atoms with E-state index in [1.807, 2.05) is 6.07 Å². The molecule has 1 atom stereocenters. The Morgan fingerprint density at radius 1 is 1.17 bits per heavy atom. The van der Waals surface area contributed by atoms with E-state index >= 15 is 0 Å². The molecule has 1 N–H and O–H groups in total. The second-order valence-electron chi connectivity index (χ2n) is 8.15. The first-order valence-electron chi connectivity index (χ1n) is 10.5. The Labute approximate surface area is 177 Å². The van der Waals surface area contributed by atoms with Crippen LogP contribution in [0, 0.1) is 0 Å². The number of ether oxygens (including phenoxy) is 3. The van der Waals surface area contributed by atoms with Crippen LogP contribution in [0.2, 0.25) is 0 Å². The molecule has 1 spiro atoms. The maximum absolute atomic E-state index is 12.1. The summed E-state index contributed by atoms with van der Waals surface area (Å²) >= 11 is 0. The topological polar surface area (TPSA) is 73.2 Å². The number of hydrogen-bond acceptors (Lipinski definition) is 6. The lowest BCUT2D eigenvalue weighted by molar-refractivity contribution is -0.0764. The van der Waals surface area contributed by atoms with Crippen molar-refractivity contribution < 1.29 is 23.4 Å². The maximum atomic E-state index is 12.1. The van der Waals surface area contributed by atoms with Gasteiger partial charge in [-0.2, -0.15) is 0 Å². The summed E-state index contributed by atoms with van der Waals surface area (Å²) in [7, 11) is 3.35. The second kappa shape index (κ2) is 9.10. The number of carbonyl (C=O) groups is 1. The molecule has 1 aromatic carbocycles. The molecule has 4 rings (SSSR count). The molecule has 3 heterocycles. The number of hydrogen-bond donors (Lipinski definition) is 1. The van der Waals surface area contributed by atoms with Gasteiger partial charge in [-0.25, -0.2) is 0 Å². The minimum absolute atomic E-state index is 0.0529. The van der Waals surface area contributed by atoms with E-state index in [-0.39, 0.29) is 17.6 Å². The molecule has 7 heteroatoms. The molecule has 1 aromatic heterocycles.